The second kappa shape index (κ2) is 8.37. The molecule has 2 fully saturated rings. The molecule has 160 valence electrons. The number of rotatable bonds is 5. The third-order valence-electron chi connectivity index (χ3n) is 5.50. The van der Waals surface area contributed by atoms with Gasteiger partial charge in [-0.1, -0.05) is 6.07 Å². The maximum absolute atomic E-state index is 13.0. The minimum Gasteiger partial charge on any atom is -0.497 e. The van der Waals surface area contributed by atoms with Gasteiger partial charge in [-0.05, 0) is 35.7 Å². The largest absolute Gasteiger partial charge is 0.497 e. The van der Waals surface area contributed by atoms with Gasteiger partial charge in [0, 0.05) is 44.8 Å². The Morgan fingerprint density at radius 3 is 2.40 bits per heavy atom. The molecule has 1 atom stereocenters. The molecule has 0 unspecified atom stereocenters. The van der Waals surface area contributed by atoms with Gasteiger partial charge in [-0.25, -0.2) is 8.42 Å². The van der Waals surface area contributed by atoms with E-state index in [0.29, 0.717) is 29.6 Å². The number of thiophene rings is 1. The first-order valence-electron chi connectivity index (χ1n) is 9.67. The zero-order valence-electron chi connectivity index (χ0n) is 16.6. The summed E-state index contributed by atoms with van der Waals surface area (Å²) >= 11 is 1.19. The minimum absolute atomic E-state index is 0.0857. The maximum Gasteiger partial charge on any atom is 0.252 e. The van der Waals surface area contributed by atoms with Crippen LogP contribution in [0.2, 0.25) is 0 Å². The van der Waals surface area contributed by atoms with Gasteiger partial charge in [0.2, 0.25) is 11.8 Å². The molecule has 1 aromatic heterocycles. The van der Waals surface area contributed by atoms with Crippen LogP contribution >= 0.6 is 11.3 Å². The van der Waals surface area contributed by atoms with Gasteiger partial charge in [-0.2, -0.15) is 4.31 Å². The molecule has 2 aliphatic rings. The third-order valence-corrected chi connectivity index (χ3v) is 8.77. The molecule has 0 N–H and O–H groups in total. The van der Waals surface area contributed by atoms with Crippen molar-refractivity contribution >= 4 is 38.9 Å². The van der Waals surface area contributed by atoms with Crippen molar-refractivity contribution in [3.8, 4) is 5.75 Å². The molecule has 2 amide bonds. The van der Waals surface area contributed by atoms with E-state index >= 15 is 0 Å². The molecule has 1 aromatic carbocycles. The Morgan fingerprint density at radius 2 is 1.80 bits per heavy atom. The van der Waals surface area contributed by atoms with Gasteiger partial charge < -0.3 is 14.5 Å². The Kier molecular flexibility index (Phi) is 5.81. The highest BCUT2D eigenvalue weighted by atomic mass is 32.2. The monoisotopic (exact) mass is 449 g/mol. The summed E-state index contributed by atoms with van der Waals surface area (Å²) in [5.41, 5.74) is 0.739. The van der Waals surface area contributed by atoms with Crippen LogP contribution in [-0.2, 0) is 19.6 Å². The van der Waals surface area contributed by atoms with Gasteiger partial charge in [0.15, 0.2) is 0 Å². The number of benzene rings is 1. The Labute approximate surface area is 179 Å². The fourth-order valence-electron chi connectivity index (χ4n) is 3.83. The van der Waals surface area contributed by atoms with Gasteiger partial charge in [0.1, 0.15) is 9.96 Å². The molecule has 2 aromatic rings. The normalized spacial score (nSPS) is 20.6. The topological polar surface area (TPSA) is 87.2 Å². The average Bonchev–Trinajstić information content (AvgIpc) is 3.44. The summed E-state index contributed by atoms with van der Waals surface area (Å²) in [6, 6.07) is 10.5. The summed E-state index contributed by atoms with van der Waals surface area (Å²) < 4.78 is 32.2. The fraction of sp³-hybridized carbons (Fsp3) is 0.400. The van der Waals surface area contributed by atoms with E-state index in [9.17, 15) is 18.0 Å². The fourth-order valence-corrected chi connectivity index (χ4v) is 6.40. The molecule has 0 spiro atoms. The van der Waals surface area contributed by atoms with Crippen molar-refractivity contribution in [2.75, 3.05) is 44.7 Å². The summed E-state index contributed by atoms with van der Waals surface area (Å²) in [7, 11) is -1.93. The van der Waals surface area contributed by atoms with Crippen LogP contribution in [0.4, 0.5) is 5.69 Å². The lowest BCUT2D eigenvalue weighted by Crippen LogP contribution is -2.52. The number of hydrogen-bond acceptors (Lipinski definition) is 6. The van der Waals surface area contributed by atoms with E-state index in [0.717, 1.165) is 5.69 Å². The predicted octanol–water partition coefficient (Wildman–Crippen LogP) is 1.64. The van der Waals surface area contributed by atoms with Crippen LogP contribution in [0.1, 0.15) is 6.42 Å². The number of ether oxygens (including phenoxy) is 1. The average molecular weight is 450 g/mol. The third kappa shape index (κ3) is 3.94. The van der Waals surface area contributed by atoms with Gasteiger partial charge in [0.25, 0.3) is 10.0 Å². The number of methoxy groups -OCH3 is 1. The van der Waals surface area contributed by atoms with Crippen molar-refractivity contribution in [2.24, 2.45) is 5.92 Å². The Morgan fingerprint density at radius 1 is 1.10 bits per heavy atom. The number of amides is 2. The van der Waals surface area contributed by atoms with E-state index in [1.165, 1.54) is 15.6 Å². The molecule has 3 heterocycles. The Bertz CT molecular complexity index is 1010. The summed E-state index contributed by atoms with van der Waals surface area (Å²) in [6.07, 6.45) is 0.165. The number of piperazine rings is 1. The van der Waals surface area contributed by atoms with Crippen LogP contribution in [0.3, 0.4) is 0 Å². The zero-order chi connectivity index (χ0) is 21.3. The van der Waals surface area contributed by atoms with Crippen molar-refractivity contribution in [1.82, 2.24) is 9.21 Å². The SMILES string of the molecule is COc1ccc(N2C[C@H](C(=O)N3CCN(S(=O)(=O)c4cccs4)CC3)CC2=O)cc1. The lowest BCUT2D eigenvalue weighted by molar-refractivity contribution is -0.136. The summed E-state index contributed by atoms with van der Waals surface area (Å²) in [4.78, 5) is 28.7. The highest BCUT2D eigenvalue weighted by molar-refractivity contribution is 7.91. The zero-order valence-corrected chi connectivity index (χ0v) is 18.2. The molecule has 0 aliphatic carbocycles. The molecule has 4 rings (SSSR count). The standard InChI is InChI=1S/C20H23N3O5S2/c1-28-17-6-4-16(5-7-17)23-14-15(13-18(23)24)20(25)21-8-10-22(11-9-21)30(26,27)19-3-2-12-29-19/h2-7,12,15H,8-11,13-14H2,1H3/t15-/m1/s1. The second-order valence-corrected chi connectivity index (χ2v) is 10.4. The van der Waals surface area contributed by atoms with Crippen LogP contribution in [0.5, 0.6) is 5.75 Å². The number of anilines is 1. The first-order chi connectivity index (χ1) is 14.4. The Balaban J connectivity index is 1.37. The van der Waals surface area contributed by atoms with Crippen molar-refractivity contribution in [3.63, 3.8) is 0 Å². The Hall–Kier alpha value is -2.43. The van der Waals surface area contributed by atoms with Crippen LogP contribution < -0.4 is 9.64 Å². The van der Waals surface area contributed by atoms with Crippen LogP contribution in [0.15, 0.2) is 46.0 Å². The van der Waals surface area contributed by atoms with Gasteiger partial charge in [0.05, 0.1) is 13.0 Å². The van der Waals surface area contributed by atoms with Crippen molar-refractivity contribution in [2.45, 2.75) is 10.6 Å². The highest BCUT2D eigenvalue weighted by Gasteiger charge is 2.39. The molecule has 10 heteroatoms. The van der Waals surface area contributed by atoms with Gasteiger partial charge in [-0.15, -0.1) is 11.3 Å². The molecule has 2 aliphatic heterocycles. The summed E-state index contributed by atoms with van der Waals surface area (Å²) in [5.74, 6) is 0.110. The summed E-state index contributed by atoms with van der Waals surface area (Å²) in [5, 5.41) is 1.73. The molecule has 0 bridgehead atoms. The van der Waals surface area contributed by atoms with Crippen molar-refractivity contribution in [3.05, 3.63) is 41.8 Å². The van der Waals surface area contributed by atoms with Gasteiger partial charge >= 0.3 is 0 Å². The van der Waals surface area contributed by atoms with E-state index in [1.807, 2.05) is 0 Å². The second-order valence-electron chi connectivity index (χ2n) is 7.26. The molecule has 0 radical (unpaired) electrons. The van der Waals surface area contributed by atoms with Gasteiger partial charge in [-0.3, -0.25) is 9.59 Å². The number of nitrogens with zero attached hydrogens (tertiary/aromatic N) is 3. The van der Waals surface area contributed by atoms with Crippen LogP contribution in [0, 0.1) is 5.92 Å². The molecule has 2 saturated heterocycles. The first kappa shape index (κ1) is 20.8. The highest BCUT2D eigenvalue weighted by Crippen LogP contribution is 2.28. The maximum atomic E-state index is 13.0. The first-order valence-corrected chi connectivity index (χ1v) is 12.0. The summed E-state index contributed by atoms with van der Waals surface area (Å²) in [6.45, 7) is 1.51. The smallest absolute Gasteiger partial charge is 0.252 e. The van der Waals surface area contributed by atoms with Crippen molar-refractivity contribution < 1.29 is 22.7 Å². The van der Waals surface area contributed by atoms with Crippen LogP contribution in [-0.4, -0.2) is 69.3 Å². The molecular formula is C20H23N3O5S2. The number of carbonyl (C=O) groups excluding carboxylic acids is 2. The number of carbonyl (C=O) groups is 2. The van der Waals surface area contributed by atoms with Crippen LogP contribution in [0.25, 0.3) is 0 Å². The lowest BCUT2D eigenvalue weighted by atomic mass is 10.1. The van der Waals surface area contributed by atoms with E-state index in [4.69, 9.17) is 4.74 Å². The predicted molar refractivity (Wildman–Crippen MR) is 113 cm³/mol. The molecule has 30 heavy (non-hydrogen) atoms. The van der Waals surface area contributed by atoms with E-state index in [2.05, 4.69) is 0 Å². The lowest BCUT2D eigenvalue weighted by Gasteiger charge is -2.34. The number of hydrogen-bond donors (Lipinski definition) is 0. The molecule has 8 nitrogen and oxygen atoms in total. The minimum atomic E-state index is -3.50. The quantitative estimate of drug-likeness (QED) is 0.693. The van der Waals surface area contributed by atoms with E-state index in [1.54, 1.807) is 58.7 Å². The van der Waals surface area contributed by atoms with Crippen molar-refractivity contribution in [1.29, 1.82) is 0 Å². The van der Waals surface area contributed by atoms with E-state index in [-0.39, 0.29) is 31.3 Å². The van der Waals surface area contributed by atoms with E-state index < -0.39 is 15.9 Å². The molecular weight excluding hydrogens is 426 g/mol. The molecule has 0 saturated carbocycles. The number of sulfonamides is 1.